The second-order valence-corrected chi connectivity index (χ2v) is 5.20. The van der Waals surface area contributed by atoms with Gasteiger partial charge in [0.25, 0.3) is 0 Å². The number of hydrogen-bond donors (Lipinski definition) is 1. The topological polar surface area (TPSA) is 50.2 Å². The highest BCUT2D eigenvalue weighted by Crippen LogP contribution is 2.28. The maximum atomic E-state index is 12.4. The van der Waals surface area contributed by atoms with E-state index < -0.39 is 0 Å². The second kappa shape index (κ2) is 7.86. The molecule has 2 aliphatic rings. The van der Waals surface area contributed by atoms with Gasteiger partial charge in [-0.2, -0.15) is 5.10 Å². The van der Waals surface area contributed by atoms with Crippen molar-refractivity contribution in [2.75, 3.05) is 13.1 Å². The minimum atomic E-state index is 0. The van der Waals surface area contributed by atoms with Crippen molar-refractivity contribution in [3.05, 3.63) is 18.5 Å². The maximum absolute atomic E-state index is 12.4. The smallest absolute Gasteiger partial charge is 0.224 e. The summed E-state index contributed by atoms with van der Waals surface area (Å²) in [5.74, 6) is 0.293. The molecule has 7 heteroatoms. The highest BCUT2D eigenvalue weighted by molar-refractivity contribution is 5.85. The quantitative estimate of drug-likeness (QED) is 0.917. The Labute approximate surface area is 131 Å². The zero-order valence-electron chi connectivity index (χ0n) is 11.4. The van der Waals surface area contributed by atoms with Gasteiger partial charge in [0, 0.05) is 44.0 Å². The number of amides is 1. The lowest BCUT2D eigenvalue weighted by Gasteiger charge is -2.28. The lowest BCUT2D eigenvalue weighted by Crippen LogP contribution is -2.42. The monoisotopic (exact) mass is 320 g/mol. The van der Waals surface area contributed by atoms with E-state index in [0.717, 1.165) is 25.9 Å². The molecule has 3 heterocycles. The zero-order chi connectivity index (χ0) is 12.4. The first kappa shape index (κ1) is 17.3. The molecule has 1 amide bonds. The van der Waals surface area contributed by atoms with Crippen molar-refractivity contribution in [3.63, 3.8) is 0 Å². The summed E-state index contributed by atoms with van der Waals surface area (Å²) < 4.78 is 1.83. The Morgan fingerprint density at radius 1 is 1.25 bits per heavy atom. The van der Waals surface area contributed by atoms with Crippen LogP contribution in [0.25, 0.3) is 0 Å². The van der Waals surface area contributed by atoms with Crippen LogP contribution in [-0.4, -0.2) is 45.8 Å². The Kier molecular flexibility index (Phi) is 6.79. The number of aryl methyl sites for hydroxylation is 1. The predicted molar refractivity (Wildman–Crippen MR) is 82.5 cm³/mol. The zero-order valence-corrected chi connectivity index (χ0v) is 13.0. The molecule has 1 N–H and O–H groups in total. The normalized spacial score (nSPS) is 24.5. The van der Waals surface area contributed by atoms with Gasteiger partial charge >= 0.3 is 0 Å². The molecule has 114 valence electrons. The van der Waals surface area contributed by atoms with Crippen molar-refractivity contribution >= 4 is 30.7 Å². The Hall–Kier alpha value is -0.780. The molecular weight excluding hydrogens is 299 g/mol. The number of rotatable bonds is 3. The van der Waals surface area contributed by atoms with E-state index in [1.165, 1.54) is 6.42 Å². The fourth-order valence-corrected chi connectivity index (χ4v) is 3.16. The van der Waals surface area contributed by atoms with Gasteiger partial charge in [-0.15, -0.1) is 24.8 Å². The Bertz CT molecular complexity index is 399. The Morgan fingerprint density at radius 2 is 2.05 bits per heavy atom. The molecule has 20 heavy (non-hydrogen) atoms. The summed E-state index contributed by atoms with van der Waals surface area (Å²) in [4.78, 5) is 14.5. The standard InChI is InChI=1S/C13H20N4O.2ClH/c18-13(5-9-16-8-1-6-15-16)17-11-2-3-12(17)10-14-7-4-11;;/h1,6,8,11-12,14H,2-5,7,9-10H2;2*1H. The van der Waals surface area contributed by atoms with Crippen LogP contribution in [0, 0.1) is 0 Å². The molecule has 0 saturated carbocycles. The van der Waals surface area contributed by atoms with Crippen LogP contribution in [0.3, 0.4) is 0 Å². The van der Waals surface area contributed by atoms with Gasteiger partial charge < -0.3 is 10.2 Å². The lowest BCUT2D eigenvalue weighted by molar-refractivity contribution is -0.134. The van der Waals surface area contributed by atoms with Crippen LogP contribution in [0.2, 0.25) is 0 Å². The molecule has 5 nitrogen and oxygen atoms in total. The van der Waals surface area contributed by atoms with Crippen LogP contribution in [0.5, 0.6) is 0 Å². The van der Waals surface area contributed by atoms with Gasteiger partial charge in [-0.1, -0.05) is 0 Å². The molecule has 2 bridgehead atoms. The first-order valence-electron chi connectivity index (χ1n) is 6.84. The number of aromatic nitrogens is 2. The number of nitrogens with one attached hydrogen (secondary N) is 1. The summed E-state index contributed by atoms with van der Waals surface area (Å²) in [7, 11) is 0. The first-order chi connectivity index (χ1) is 8.84. The Balaban J connectivity index is 0.000001000. The van der Waals surface area contributed by atoms with E-state index in [-0.39, 0.29) is 24.8 Å². The van der Waals surface area contributed by atoms with E-state index in [1.54, 1.807) is 6.20 Å². The largest absolute Gasteiger partial charge is 0.335 e. The number of carbonyl (C=O) groups is 1. The minimum Gasteiger partial charge on any atom is -0.335 e. The van der Waals surface area contributed by atoms with Crippen molar-refractivity contribution in [1.29, 1.82) is 0 Å². The van der Waals surface area contributed by atoms with Gasteiger partial charge in [-0.05, 0) is 31.9 Å². The van der Waals surface area contributed by atoms with Gasteiger partial charge in [0.1, 0.15) is 0 Å². The molecular formula is C13H22Cl2N4O. The third-order valence-electron chi connectivity index (χ3n) is 4.06. The third kappa shape index (κ3) is 3.65. The molecule has 0 spiro atoms. The highest BCUT2D eigenvalue weighted by Gasteiger charge is 2.37. The van der Waals surface area contributed by atoms with Crippen LogP contribution in [0.15, 0.2) is 18.5 Å². The van der Waals surface area contributed by atoms with Crippen molar-refractivity contribution in [1.82, 2.24) is 20.0 Å². The van der Waals surface area contributed by atoms with Crippen molar-refractivity contribution < 1.29 is 4.79 Å². The Morgan fingerprint density at radius 3 is 2.80 bits per heavy atom. The van der Waals surface area contributed by atoms with Crippen molar-refractivity contribution in [2.45, 2.75) is 44.3 Å². The number of fused-ring (bicyclic) bond motifs is 2. The van der Waals surface area contributed by atoms with E-state index in [0.29, 0.717) is 31.0 Å². The molecule has 1 aromatic rings. The first-order valence-corrected chi connectivity index (χ1v) is 6.84. The summed E-state index contributed by atoms with van der Waals surface area (Å²) in [6.07, 6.45) is 7.67. The van der Waals surface area contributed by atoms with Crippen LogP contribution in [-0.2, 0) is 11.3 Å². The molecule has 2 atom stereocenters. The second-order valence-electron chi connectivity index (χ2n) is 5.20. The molecule has 0 aliphatic carbocycles. The molecule has 0 radical (unpaired) electrons. The molecule has 3 rings (SSSR count). The van der Waals surface area contributed by atoms with Crippen LogP contribution in [0.4, 0.5) is 0 Å². The third-order valence-corrected chi connectivity index (χ3v) is 4.06. The summed E-state index contributed by atoms with van der Waals surface area (Å²) in [6, 6.07) is 2.78. The molecule has 2 saturated heterocycles. The van der Waals surface area contributed by atoms with Gasteiger partial charge in [0.2, 0.25) is 5.91 Å². The van der Waals surface area contributed by atoms with E-state index in [1.807, 2.05) is 16.9 Å². The number of hydrogen-bond acceptors (Lipinski definition) is 3. The molecule has 1 aromatic heterocycles. The number of halogens is 2. The molecule has 0 aromatic carbocycles. The van der Waals surface area contributed by atoms with Gasteiger partial charge in [0.05, 0.1) is 0 Å². The summed E-state index contributed by atoms with van der Waals surface area (Å²) in [5, 5.41) is 7.56. The van der Waals surface area contributed by atoms with Crippen LogP contribution < -0.4 is 5.32 Å². The number of nitrogens with zero attached hydrogens (tertiary/aromatic N) is 3. The average Bonchev–Trinajstić information content (AvgIpc) is 2.93. The van der Waals surface area contributed by atoms with E-state index in [9.17, 15) is 4.79 Å². The molecule has 2 fully saturated rings. The minimum absolute atomic E-state index is 0. The van der Waals surface area contributed by atoms with Crippen molar-refractivity contribution in [2.24, 2.45) is 0 Å². The number of carbonyl (C=O) groups excluding carboxylic acids is 1. The predicted octanol–water partition coefficient (Wildman–Crippen LogP) is 1.47. The summed E-state index contributed by atoms with van der Waals surface area (Å²) in [5.41, 5.74) is 0. The van der Waals surface area contributed by atoms with Crippen LogP contribution >= 0.6 is 24.8 Å². The maximum Gasteiger partial charge on any atom is 0.224 e. The van der Waals surface area contributed by atoms with E-state index in [2.05, 4.69) is 15.3 Å². The lowest BCUT2D eigenvalue weighted by atomic mass is 10.1. The SMILES string of the molecule is Cl.Cl.O=C(CCn1cccn1)N1C2CCNCC1CC2. The summed E-state index contributed by atoms with van der Waals surface area (Å²) >= 11 is 0. The molecule has 2 aliphatic heterocycles. The highest BCUT2D eigenvalue weighted by atomic mass is 35.5. The molecule has 2 unspecified atom stereocenters. The van der Waals surface area contributed by atoms with Gasteiger partial charge in [-0.25, -0.2) is 0 Å². The van der Waals surface area contributed by atoms with Gasteiger partial charge in [0.15, 0.2) is 0 Å². The fraction of sp³-hybridized carbons (Fsp3) is 0.692. The van der Waals surface area contributed by atoms with Crippen molar-refractivity contribution in [3.8, 4) is 0 Å². The van der Waals surface area contributed by atoms with Gasteiger partial charge in [-0.3, -0.25) is 9.48 Å². The van der Waals surface area contributed by atoms with E-state index >= 15 is 0 Å². The average molecular weight is 321 g/mol. The van der Waals surface area contributed by atoms with E-state index in [4.69, 9.17) is 0 Å². The van der Waals surface area contributed by atoms with Crippen LogP contribution in [0.1, 0.15) is 25.7 Å². The fourth-order valence-electron chi connectivity index (χ4n) is 3.16. The summed E-state index contributed by atoms with van der Waals surface area (Å²) in [6.45, 7) is 2.70.